The van der Waals surface area contributed by atoms with E-state index in [1.54, 1.807) is 0 Å². The molecule has 0 aliphatic carbocycles. The number of piperidine rings is 2. The van der Waals surface area contributed by atoms with Gasteiger partial charge in [0.15, 0.2) is 0 Å². The minimum absolute atomic E-state index is 0.201. The van der Waals surface area contributed by atoms with E-state index in [1.165, 1.54) is 18.4 Å². The Morgan fingerprint density at radius 2 is 1.95 bits per heavy atom. The highest BCUT2D eigenvalue weighted by atomic mass is 35.5. The number of carbonyl (C=O) groups is 1. The first-order chi connectivity index (χ1) is 9.65. The fourth-order valence-corrected chi connectivity index (χ4v) is 4.90. The standard InChI is InChI=1S/C17H20ClNO/c1-10-9-19-13-6-7-15(19)16(17(10)20)14(8-13)11-2-4-12(18)5-3-11/h2-5,10,13-16H,6-9H2,1H3/t10?,13-,14-,15?,16?/m1/s1. The molecular formula is C17H20ClNO. The third-order valence-electron chi connectivity index (χ3n) is 5.66. The Balaban J connectivity index is 1.73. The number of hydrogen-bond donors (Lipinski definition) is 0. The van der Waals surface area contributed by atoms with Crippen molar-refractivity contribution in [1.29, 1.82) is 0 Å². The summed E-state index contributed by atoms with van der Waals surface area (Å²) in [5.74, 6) is 1.30. The highest BCUT2D eigenvalue weighted by molar-refractivity contribution is 6.30. The van der Waals surface area contributed by atoms with Crippen LogP contribution in [0.4, 0.5) is 0 Å². The van der Waals surface area contributed by atoms with Crippen LogP contribution in [0.25, 0.3) is 0 Å². The third-order valence-corrected chi connectivity index (χ3v) is 5.91. The number of Topliss-reactive ketones (excluding diaryl/α,β-unsaturated/α-hetero) is 1. The topological polar surface area (TPSA) is 20.3 Å². The van der Waals surface area contributed by atoms with Crippen molar-refractivity contribution >= 4 is 17.4 Å². The van der Waals surface area contributed by atoms with Crippen LogP contribution >= 0.6 is 11.6 Å². The van der Waals surface area contributed by atoms with Gasteiger partial charge in [-0.1, -0.05) is 30.7 Å². The van der Waals surface area contributed by atoms with E-state index in [0.29, 0.717) is 23.8 Å². The number of carbonyl (C=O) groups excluding carboxylic acids is 1. The van der Waals surface area contributed by atoms with Crippen molar-refractivity contribution in [2.24, 2.45) is 11.8 Å². The summed E-state index contributed by atoms with van der Waals surface area (Å²) in [7, 11) is 0. The molecule has 3 saturated heterocycles. The molecular weight excluding hydrogens is 270 g/mol. The van der Waals surface area contributed by atoms with Crippen LogP contribution in [0.15, 0.2) is 24.3 Å². The first-order valence-corrected chi connectivity index (χ1v) is 8.08. The molecule has 3 heteroatoms. The van der Waals surface area contributed by atoms with E-state index in [9.17, 15) is 4.79 Å². The maximum atomic E-state index is 12.7. The summed E-state index contributed by atoms with van der Waals surface area (Å²) in [5.41, 5.74) is 1.30. The summed E-state index contributed by atoms with van der Waals surface area (Å²) in [6, 6.07) is 9.35. The molecule has 4 bridgehead atoms. The molecule has 2 nitrogen and oxygen atoms in total. The normalized spacial score (nSPS) is 42.8. The van der Waals surface area contributed by atoms with Crippen LogP contribution in [0.2, 0.25) is 5.02 Å². The van der Waals surface area contributed by atoms with E-state index in [-0.39, 0.29) is 11.8 Å². The van der Waals surface area contributed by atoms with Gasteiger partial charge in [0, 0.05) is 35.5 Å². The SMILES string of the molecule is CC1CN2C3CC[C@@H]2C[C@H](c2ccc(Cl)cc2)C3C1=O. The molecule has 1 aromatic carbocycles. The maximum absolute atomic E-state index is 12.7. The molecule has 4 rings (SSSR count). The first-order valence-electron chi connectivity index (χ1n) is 7.70. The summed E-state index contributed by atoms with van der Waals surface area (Å²) in [4.78, 5) is 15.3. The van der Waals surface area contributed by atoms with Crippen molar-refractivity contribution in [3.05, 3.63) is 34.9 Å². The van der Waals surface area contributed by atoms with Crippen molar-refractivity contribution in [2.75, 3.05) is 6.54 Å². The zero-order valence-electron chi connectivity index (χ0n) is 11.8. The van der Waals surface area contributed by atoms with Gasteiger partial charge in [0.05, 0.1) is 0 Å². The molecule has 0 aromatic heterocycles. The number of benzene rings is 1. The predicted molar refractivity (Wildman–Crippen MR) is 80.0 cm³/mol. The summed E-state index contributed by atoms with van der Waals surface area (Å²) in [5, 5.41) is 0.775. The van der Waals surface area contributed by atoms with Gasteiger partial charge in [-0.05, 0) is 42.9 Å². The lowest BCUT2D eigenvalue weighted by molar-refractivity contribution is -0.138. The van der Waals surface area contributed by atoms with Crippen LogP contribution in [0.3, 0.4) is 0 Å². The zero-order chi connectivity index (χ0) is 13.9. The molecule has 1 aromatic rings. The molecule has 6 atom stereocenters. The Bertz CT molecular complexity index is 540. The molecule has 20 heavy (non-hydrogen) atoms. The lowest BCUT2D eigenvalue weighted by atomic mass is 9.69. The van der Waals surface area contributed by atoms with Crippen LogP contribution in [-0.4, -0.2) is 29.3 Å². The van der Waals surface area contributed by atoms with Gasteiger partial charge in [-0.2, -0.15) is 0 Å². The van der Waals surface area contributed by atoms with E-state index in [1.807, 2.05) is 12.1 Å². The van der Waals surface area contributed by atoms with Crippen molar-refractivity contribution in [3.63, 3.8) is 0 Å². The van der Waals surface area contributed by atoms with Gasteiger partial charge in [-0.3, -0.25) is 9.69 Å². The smallest absolute Gasteiger partial charge is 0.142 e. The van der Waals surface area contributed by atoms with E-state index < -0.39 is 0 Å². The predicted octanol–water partition coefficient (Wildman–Crippen LogP) is 3.50. The summed E-state index contributed by atoms with van der Waals surface area (Å²) in [6.07, 6.45) is 3.62. The Hall–Kier alpha value is -0.860. The van der Waals surface area contributed by atoms with Gasteiger partial charge in [0.2, 0.25) is 0 Å². The molecule has 0 spiro atoms. The Kier molecular flexibility index (Phi) is 2.94. The fourth-order valence-electron chi connectivity index (χ4n) is 4.77. The zero-order valence-corrected chi connectivity index (χ0v) is 12.5. The maximum Gasteiger partial charge on any atom is 0.142 e. The van der Waals surface area contributed by atoms with Gasteiger partial charge >= 0.3 is 0 Å². The molecule has 0 amide bonds. The average Bonchev–Trinajstić information content (AvgIpc) is 2.71. The van der Waals surface area contributed by atoms with E-state index >= 15 is 0 Å². The van der Waals surface area contributed by atoms with Crippen LogP contribution < -0.4 is 0 Å². The highest BCUT2D eigenvalue weighted by Gasteiger charge is 2.54. The van der Waals surface area contributed by atoms with Crippen molar-refractivity contribution < 1.29 is 4.79 Å². The number of hydrogen-bond acceptors (Lipinski definition) is 2. The molecule has 0 saturated carbocycles. The highest BCUT2D eigenvalue weighted by Crippen LogP contribution is 2.50. The van der Waals surface area contributed by atoms with Gasteiger partial charge in [-0.25, -0.2) is 0 Å². The van der Waals surface area contributed by atoms with Crippen LogP contribution in [0.1, 0.15) is 37.7 Å². The lowest BCUT2D eigenvalue weighted by Crippen LogP contribution is -2.58. The Morgan fingerprint density at radius 3 is 2.70 bits per heavy atom. The summed E-state index contributed by atoms with van der Waals surface area (Å²) < 4.78 is 0. The number of nitrogens with zero attached hydrogens (tertiary/aromatic N) is 1. The lowest BCUT2D eigenvalue weighted by Gasteiger charge is -2.49. The number of halogens is 1. The van der Waals surface area contributed by atoms with E-state index in [2.05, 4.69) is 24.0 Å². The van der Waals surface area contributed by atoms with Crippen molar-refractivity contribution in [1.82, 2.24) is 4.90 Å². The fraction of sp³-hybridized carbons (Fsp3) is 0.588. The molecule has 3 aliphatic heterocycles. The largest absolute Gasteiger partial charge is 0.299 e. The molecule has 3 heterocycles. The van der Waals surface area contributed by atoms with Gasteiger partial charge in [0.25, 0.3) is 0 Å². The minimum Gasteiger partial charge on any atom is -0.299 e. The van der Waals surface area contributed by atoms with E-state index in [4.69, 9.17) is 11.6 Å². The minimum atomic E-state index is 0.201. The second-order valence-corrected chi connectivity index (χ2v) is 7.15. The molecule has 0 radical (unpaired) electrons. The summed E-state index contributed by atoms with van der Waals surface area (Å²) >= 11 is 6.00. The van der Waals surface area contributed by atoms with Crippen LogP contribution in [-0.2, 0) is 4.79 Å². The van der Waals surface area contributed by atoms with Gasteiger partial charge < -0.3 is 0 Å². The van der Waals surface area contributed by atoms with Crippen molar-refractivity contribution in [3.8, 4) is 0 Å². The Labute approximate surface area is 125 Å². The molecule has 106 valence electrons. The van der Waals surface area contributed by atoms with Crippen molar-refractivity contribution in [2.45, 2.75) is 44.2 Å². The molecule has 0 N–H and O–H groups in total. The second-order valence-electron chi connectivity index (χ2n) is 6.72. The first kappa shape index (κ1) is 12.8. The number of rotatable bonds is 1. The third kappa shape index (κ3) is 1.78. The monoisotopic (exact) mass is 289 g/mol. The van der Waals surface area contributed by atoms with Crippen LogP contribution in [0.5, 0.6) is 0 Å². The van der Waals surface area contributed by atoms with Gasteiger partial charge in [-0.15, -0.1) is 0 Å². The molecule has 4 unspecified atom stereocenters. The van der Waals surface area contributed by atoms with Crippen LogP contribution in [0, 0.1) is 11.8 Å². The average molecular weight is 290 g/mol. The molecule has 3 fully saturated rings. The van der Waals surface area contributed by atoms with E-state index in [0.717, 1.165) is 18.0 Å². The van der Waals surface area contributed by atoms with Gasteiger partial charge in [0.1, 0.15) is 5.78 Å². The quantitative estimate of drug-likeness (QED) is 0.789. The second kappa shape index (κ2) is 4.57. The number of ketones is 1. The summed E-state index contributed by atoms with van der Waals surface area (Å²) in [6.45, 7) is 3.09. The molecule has 3 aliphatic rings. The Morgan fingerprint density at radius 1 is 1.20 bits per heavy atom.